The van der Waals surface area contributed by atoms with Gasteiger partial charge in [-0.15, -0.1) is 0 Å². The van der Waals surface area contributed by atoms with Crippen LogP contribution in [-0.2, 0) is 6.54 Å². The number of aromatic nitrogens is 2. The molecule has 0 aliphatic heterocycles. The maximum Gasteiger partial charge on any atom is 0.251 e. The Morgan fingerprint density at radius 3 is 3.00 bits per heavy atom. The molecule has 0 saturated heterocycles. The molecule has 0 radical (unpaired) electrons. The molecule has 0 bridgehead atoms. The largest absolute Gasteiger partial charge is 0.370 e. The summed E-state index contributed by atoms with van der Waals surface area (Å²) in [5.74, 6) is 0.350. The van der Waals surface area contributed by atoms with Gasteiger partial charge in [0.15, 0.2) is 0 Å². The second kappa shape index (κ2) is 6.91. The summed E-state index contributed by atoms with van der Waals surface area (Å²) in [6.45, 7) is 3.11. The summed E-state index contributed by atoms with van der Waals surface area (Å²) in [6, 6.07) is 4.88. The van der Waals surface area contributed by atoms with Gasteiger partial charge in [0, 0.05) is 18.2 Å². The maximum absolute atomic E-state index is 12.0. The van der Waals surface area contributed by atoms with Crippen molar-refractivity contribution in [3.05, 3.63) is 40.9 Å². The molecule has 2 aromatic rings. The van der Waals surface area contributed by atoms with Crippen molar-refractivity contribution >= 4 is 23.3 Å². The highest BCUT2D eigenvalue weighted by atomic mass is 35.5. The number of pyridine rings is 1. The van der Waals surface area contributed by atoms with Crippen LogP contribution < -0.4 is 10.6 Å². The van der Waals surface area contributed by atoms with Gasteiger partial charge in [0.05, 0.1) is 6.54 Å². The second-order valence-corrected chi connectivity index (χ2v) is 4.55. The standard InChI is InChI=1S/C13H15ClN4O2/c1-2-4-15-12-7-9(6-11(14)17-12)13(19)16-8-10-3-5-20-18-10/h3,5-7H,2,4,8H2,1H3,(H,15,17)(H,16,19). The van der Waals surface area contributed by atoms with Crippen molar-refractivity contribution < 1.29 is 9.32 Å². The predicted octanol–water partition coefficient (Wildman–Crippen LogP) is 2.47. The maximum atomic E-state index is 12.0. The lowest BCUT2D eigenvalue weighted by atomic mass is 10.2. The third kappa shape index (κ3) is 3.96. The van der Waals surface area contributed by atoms with E-state index in [0.717, 1.165) is 13.0 Å². The van der Waals surface area contributed by atoms with Crippen LogP contribution in [-0.4, -0.2) is 22.6 Å². The molecule has 0 fully saturated rings. The summed E-state index contributed by atoms with van der Waals surface area (Å²) >= 11 is 5.91. The number of halogens is 1. The molecular formula is C13H15ClN4O2. The summed E-state index contributed by atoms with van der Waals surface area (Å²) in [6.07, 6.45) is 2.42. The van der Waals surface area contributed by atoms with Crippen LogP contribution in [0.2, 0.25) is 5.15 Å². The number of nitrogens with one attached hydrogen (secondary N) is 2. The van der Waals surface area contributed by atoms with Gasteiger partial charge in [-0.05, 0) is 18.6 Å². The Hall–Kier alpha value is -2.08. The van der Waals surface area contributed by atoms with Crippen LogP contribution in [0.15, 0.2) is 29.0 Å². The first-order valence-corrected chi connectivity index (χ1v) is 6.65. The van der Waals surface area contributed by atoms with Gasteiger partial charge in [0.1, 0.15) is 22.9 Å². The fourth-order valence-corrected chi connectivity index (χ4v) is 1.78. The third-order valence-electron chi connectivity index (χ3n) is 2.53. The van der Waals surface area contributed by atoms with Gasteiger partial charge in [0.25, 0.3) is 5.91 Å². The highest BCUT2D eigenvalue weighted by Crippen LogP contribution is 2.14. The van der Waals surface area contributed by atoms with Gasteiger partial charge in [-0.3, -0.25) is 4.79 Å². The van der Waals surface area contributed by atoms with Crippen molar-refractivity contribution in [3.8, 4) is 0 Å². The van der Waals surface area contributed by atoms with Crippen LogP contribution in [0.4, 0.5) is 5.82 Å². The van der Waals surface area contributed by atoms with E-state index >= 15 is 0 Å². The van der Waals surface area contributed by atoms with Gasteiger partial charge in [-0.2, -0.15) is 0 Å². The third-order valence-corrected chi connectivity index (χ3v) is 2.73. The van der Waals surface area contributed by atoms with E-state index in [1.54, 1.807) is 12.1 Å². The summed E-state index contributed by atoms with van der Waals surface area (Å²) < 4.78 is 4.69. The van der Waals surface area contributed by atoms with E-state index in [1.807, 2.05) is 6.92 Å². The number of carbonyl (C=O) groups excluding carboxylic acids is 1. The van der Waals surface area contributed by atoms with Crippen LogP contribution in [0.3, 0.4) is 0 Å². The van der Waals surface area contributed by atoms with Gasteiger partial charge in [0.2, 0.25) is 0 Å². The van der Waals surface area contributed by atoms with E-state index in [2.05, 4.69) is 20.8 Å². The van der Waals surface area contributed by atoms with E-state index in [4.69, 9.17) is 16.1 Å². The molecule has 2 N–H and O–H groups in total. The fraction of sp³-hybridized carbons (Fsp3) is 0.308. The van der Waals surface area contributed by atoms with Crippen LogP contribution in [0.1, 0.15) is 29.4 Å². The molecule has 106 valence electrons. The van der Waals surface area contributed by atoms with Gasteiger partial charge < -0.3 is 15.2 Å². The molecule has 6 nitrogen and oxygen atoms in total. The predicted molar refractivity (Wildman–Crippen MR) is 75.7 cm³/mol. The summed E-state index contributed by atoms with van der Waals surface area (Å²) in [5.41, 5.74) is 1.11. The molecule has 0 aliphatic rings. The minimum absolute atomic E-state index is 0.239. The molecule has 1 amide bonds. The van der Waals surface area contributed by atoms with Gasteiger partial charge >= 0.3 is 0 Å². The molecular weight excluding hydrogens is 280 g/mol. The lowest BCUT2D eigenvalue weighted by Gasteiger charge is -2.08. The first-order chi connectivity index (χ1) is 9.69. The number of amides is 1. The molecule has 0 saturated carbocycles. The van der Waals surface area contributed by atoms with Gasteiger partial charge in [-0.1, -0.05) is 23.7 Å². The second-order valence-electron chi connectivity index (χ2n) is 4.16. The van der Waals surface area contributed by atoms with Crippen molar-refractivity contribution in [2.45, 2.75) is 19.9 Å². The monoisotopic (exact) mass is 294 g/mol. The van der Waals surface area contributed by atoms with E-state index in [-0.39, 0.29) is 11.1 Å². The van der Waals surface area contributed by atoms with Crippen molar-refractivity contribution in [3.63, 3.8) is 0 Å². The minimum Gasteiger partial charge on any atom is -0.370 e. The SMILES string of the molecule is CCCNc1cc(C(=O)NCc2ccon2)cc(Cl)n1. The Morgan fingerprint density at radius 2 is 2.30 bits per heavy atom. The number of carbonyl (C=O) groups is 1. The average Bonchev–Trinajstić information content (AvgIpc) is 2.95. The smallest absolute Gasteiger partial charge is 0.251 e. The Kier molecular flexibility index (Phi) is 4.95. The molecule has 7 heteroatoms. The molecule has 0 unspecified atom stereocenters. The average molecular weight is 295 g/mol. The molecule has 20 heavy (non-hydrogen) atoms. The van der Waals surface area contributed by atoms with Crippen LogP contribution in [0.25, 0.3) is 0 Å². The van der Waals surface area contributed by atoms with Crippen molar-refractivity contribution in [2.75, 3.05) is 11.9 Å². The van der Waals surface area contributed by atoms with E-state index < -0.39 is 0 Å². The summed E-state index contributed by atoms with van der Waals surface area (Å²) in [7, 11) is 0. The highest BCUT2D eigenvalue weighted by molar-refractivity contribution is 6.29. The molecule has 0 aliphatic carbocycles. The quantitative estimate of drug-likeness (QED) is 0.800. The van der Waals surface area contributed by atoms with E-state index in [0.29, 0.717) is 23.6 Å². The molecule has 0 aromatic carbocycles. The molecule has 0 spiro atoms. The molecule has 0 atom stereocenters. The normalized spacial score (nSPS) is 10.3. The first-order valence-electron chi connectivity index (χ1n) is 6.28. The lowest BCUT2D eigenvalue weighted by Crippen LogP contribution is -2.23. The van der Waals surface area contributed by atoms with Crippen LogP contribution >= 0.6 is 11.6 Å². The Labute approximate surface area is 121 Å². The van der Waals surface area contributed by atoms with Gasteiger partial charge in [-0.25, -0.2) is 4.98 Å². The molecule has 2 rings (SSSR count). The zero-order valence-corrected chi connectivity index (χ0v) is 11.8. The zero-order chi connectivity index (χ0) is 14.4. The molecule has 2 aromatic heterocycles. The van der Waals surface area contributed by atoms with Crippen molar-refractivity contribution in [2.24, 2.45) is 0 Å². The zero-order valence-electron chi connectivity index (χ0n) is 11.0. The number of hydrogen-bond acceptors (Lipinski definition) is 5. The number of anilines is 1. The first kappa shape index (κ1) is 14.3. The lowest BCUT2D eigenvalue weighted by molar-refractivity contribution is 0.0950. The highest BCUT2D eigenvalue weighted by Gasteiger charge is 2.09. The van der Waals surface area contributed by atoms with Crippen molar-refractivity contribution in [1.29, 1.82) is 0 Å². The fourth-order valence-electron chi connectivity index (χ4n) is 1.57. The Morgan fingerprint density at radius 1 is 1.45 bits per heavy atom. The molecule has 2 heterocycles. The van der Waals surface area contributed by atoms with Crippen LogP contribution in [0, 0.1) is 0 Å². The minimum atomic E-state index is -0.239. The van der Waals surface area contributed by atoms with Crippen molar-refractivity contribution in [1.82, 2.24) is 15.5 Å². The van der Waals surface area contributed by atoms with Crippen LogP contribution in [0.5, 0.6) is 0 Å². The van der Waals surface area contributed by atoms with E-state index in [1.165, 1.54) is 12.3 Å². The number of nitrogens with zero attached hydrogens (tertiary/aromatic N) is 2. The Balaban J connectivity index is 2.02. The summed E-state index contributed by atoms with van der Waals surface area (Å²) in [4.78, 5) is 16.1. The number of hydrogen-bond donors (Lipinski definition) is 2. The topological polar surface area (TPSA) is 80.0 Å². The summed E-state index contributed by atoms with van der Waals surface area (Å²) in [5, 5.41) is 9.83. The Bertz CT molecular complexity index is 572. The number of rotatable bonds is 6. The van der Waals surface area contributed by atoms with E-state index in [9.17, 15) is 4.79 Å².